The normalized spacial score (nSPS) is 10.9. The minimum absolute atomic E-state index is 0.0183. The largest absolute Gasteiger partial charge is 0.399 e. The summed E-state index contributed by atoms with van der Waals surface area (Å²) in [6, 6.07) is 7.44. The molecule has 0 aliphatic carbocycles. The highest BCUT2D eigenvalue weighted by Gasteiger charge is 2.29. The Morgan fingerprint density at radius 1 is 1.28 bits per heavy atom. The van der Waals surface area contributed by atoms with Crippen LogP contribution in [0.25, 0.3) is 0 Å². The number of carbonyl (C=O) groups excluding carboxylic acids is 1. The number of allylic oxidation sites excluding steroid dienone is 1. The second-order valence-electron chi connectivity index (χ2n) is 5.24. The Hall–Kier alpha value is -1.77. The van der Waals surface area contributed by atoms with Crippen LogP contribution in [0.15, 0.2) is 35.9 Å². The minimum atomic E-state index is -0.552. The Labute approximate surface area is 109 Å². The molecule has 0 aliphatic heterocycles. The number of hydrogen-bond donors (Lipinski definition) is 2. The van der Waals surface area contributed by atoms with E-state index >= 15 is 0 Å². The molecule has 1 aromatic rings. The molecule has 3 heteroatoms. The Morgan fingerprint density at radius 3 is 2.33 bits per heavy atom. The molecular formula is C15H22N2O. The fourth-order valence-electron chi connectivity index (χ4n) is 1.60. The molecule has 1 amide bonds. The molecule has 0 radical (unpaired) electrons. The molecule has 0 saturated heterocycles. The van der Waals surface area contributed by atoms with Gasteiger partial charge >= 0.3 is 0 Å². The van der Waals surface area contributed by atoms with Crippen molar-refractivity contribution in [2.24, 2.45) is 0 Å². The average Bonchev–Trinajstić information content (AvgIpc) is 2.28. The summed E-state index contributed by atoms with van der Waals surface area (Å²) in [6.07, 6.45) is 2.00. The van der Waals surface area contributed by atoms with E-state index in [1.165, 1.54) is 5.57 Å². The zero-order chi connectivity index (χ0) is 13.8. The third-order valence-electron chi connectivity index (χ3n) is 2.97. The fourth-order valence-corrected chi connectivity index (χ4v) is 1.60. The molecule has 0 unspecified atom stereocenters. The van der Waals surface area contributed by atoms with Crippen molar-refractivity contribution in [2.75, 3.05) is 12.3 Å². The van der Waals surface area contributed by atoms with Crippen LogP contribution >= 0.6 is 0 Å². The number of benzene rings is 1. The van der Waals surface area contributed by atoms with Crippen molar-refractivity contribution in [3.8, 4) is 0 Å². The first-order chi connectivity index (χ1) is 8.34. The molecule has 18 heavy (non-hydrogen) atoms. The predicted octanol–water partition coefficient (Wildman–Crippen LogP) is 2.63. The Balaban J connectivity index is 2.76. The van der Waals surface area contributed by atoms with Crippen LogP contribution in [0.4, 0.5) is 5.69 Å². The lowest BCUT2D eigenvalue weighted by molar-refractivity contribution is -0.125. The van der Waals surface area contributed by atoms with Crippen molar-refractivity contribution < 1.29 is 4.79 Å². The topological polar surface area (TPSA) is 55.1 Å². The summed E-state index contributed by atoms with van der Waals surface area (Å²) < 4.78 is 0. The summed E-state index contributed by atoms with van der Waals surface area (Å²) in [4.78, 5) is 12.2. The average molecular weight is 246 g/mol. The van der Waals surface area contributed by atoms with Gasteiger partial charge in [0.15, 0.2) is 0 Å². The van der Waals surface area contributed by atoms with Crippen molar-refractivity contribution in [1.29, 1.82) is 0 Å². The number of nitrogen functional groups attached to an aromatic ring is 1. The number of rotatable bonds is 4. The Morgan fingerprint density at radius 2 is 1.83 bits per heavy atom. The number of anilines is 1. The van der Waals surface area contributed by atoms with Gasteiger partial charge in [-0.1, -0.05) is 23.8 Å². The lowest BCUT2D eigenvalue weighted by Gasteiger charge is -2.24. The van der Waals surface area contributed by atoms with E-state index in [9.17, 15) is 4.79 Å². The fraction of sp³-hybridized carbons (Fsp3) is 0.400. The molecule has 0 fully saturated rings. The van der Waals surface area contributed by atoms with Gasteiger partial charge in [0.25, 0.3) is 0 Å². The van der Waals surface area contributed by atoms with E-state index in [0.717, 1.165) is 5.56 Å². The highest BCUT2D eigenvalue weighted by molar-refractivity contribution is 5.87. The Kier molecular flexibility index (Phi) is 4.54. The van der Waals surface area contributed by atoms with E-state index < -0.39 is 5.41 Å². The van der Waals surface area contributed by atoms with E-state index in [1.54, 1.807) is 0 Å². The van der Waals surface area contributed by atoms with Crippen molar-refractivity contribution in [2.45, 2.75) is 33.1 Å². The maximum atomic E-state index is 12.2. The highest BCUT2D eigenvalue weighted by Crippen LogP contribution is 2.24. The first-order valence-electron chi connectivity index (χ1n) is 6.11. The Bertz CT molecular complexity index is 440. The number of carbonyl (C=O) groups is 1. The molecule has 1 rings (SSSR count). The van der Waals surface area contributed by atoms with Gasteiger partial charge in [-0.15, -0.1) is 0 Å². The second kappa shape index (κ2) is 5.71. The van der Waals surface area contributed by atoms with Gasteiger partial charge in [-0.2, -0.15) is 0 Å². The summed E-state index contributed by atoms with van der Waals surface area (Å²) in [5.41, 5.74) is 7.97. The molecule has 0 heterocycles. The van der Waals surface area contributed by atoms with E-state index in [4.69, 9.17) is 5.73 Å². The number of nitrogens with one attached hydrogen (secondary N) is 1. The quantitative estimate of drug-likeness (QED) is 0.634. The van der Waals surface area contributed by atoms with E-state index in [0.29, 0.717) is 12.2 Å². The molecule has 0 saturated carbocycles. The molecule has 0 aliphatic rings. The summed E-state index contributed by atoms with van der Waals surface area (Å²) in [5.74, 6) is 0.0183. The third-order valence-corrected chi connectivity index (χ3v) is 2.97. The third kappa shape index (κ3) is 3.62. The molecule has 1 aromatic carbocycles. The first-order valence-corrected chi connectivity index (χ1v) is 6.11. The maximum absolute atomic E-state index is 12.2. The monoisotopic (exact) mass is 246 g/mol. The van der Waals surface area contributed by atoms with Crippen LogP contribution in [-0.4, -0.2) is 12.5 Å². The molecule has 0 spiro atoms. The van der Waals surface area contributed by atoms with Gasteiger partial charge in [0, 0.05) is 12.2 Å². The number of hydrogen-bond acceptors (Lipinski definition) is 2. The van der Waals surface area contributed by atoms with Gasteiger partial charge in [-0.25, -0.2) is 0 Å². The van der Waals surface area contributed by atoms with Crippen LogP contribution < -0.4 is 11.1 Å². The molecule has 0 bridgehead atoms. The zero-order valence-electron chi connectivity index (χ0n) is 11.6. The minimum Gasteiger partial charge on any atom is -0.399 e. The maximum Gasteiger partial charge on any atom is 0.230 e. The lowest BCUT2D eigenvalue weighted by atomic mass is 9.83. The second-order valence-corrected chi connectivity index (χ2v) is 5.24. The van der Waals surface area contributed by atoms with Crippen LogP contribution in [0.1, 0.15) is 33.3 Å². The van der Waals surface area contributed by atoms with Crippen molar-refractivity contribution >= 4 is 11.6 Å². The van der Waals surface area contributed by atoms with Crippen LogP contribution in [0.5, 0.6) is 0 Å². The van der Waals surface area contributed by atoms with Gasteiger partial charge in [0.2, 0.25) is 5.91 Å². The number of nitrogens with two attached hydrogens (primary N) is 1. The first kappa shape index (κ1) is 14.3. The predicted molar refractivity (Wildman–Crippen MR) is 76.3 cm³/mol. The molecule has 0 atom stereocenters. The van der Waals surface area contributed by atoms with Gasteiger partial charge < -0.3 is 11.1 Å². The molecule has 98 valence electrons. The van der Waals surface area contributed by atoms with Gasteiger partial charge in [-0.3, -0.25) is 4.79 Å². The summed E-state index contributed by atoms with van der Waals surface area (Å²) >= 11 is 0. The van der Waals surface area contributed by atoms with Crippen molar-refractivity contribution in [1.82, 2.24) is 5.32 Å². The summed E-state index contributed by atoms with van der Waals surface area (Å²) in [5, 5.41) is 2.92. The highest BCUT2D eigenvalue weighted by atomic mass is 16.2. The van der Waals surface area contributed by atoms with E-state index in [2.05, 4.69) is 5.32 Å². The lowest BCUT2D eigenvalue weighted by Crippen LogP contribution is -2.40. The van der Waals surface area contributed by atoms with Gasteiger partial charge in [0.05, 0.1) is 5.41 Å². The van der Waals surface area contributed by atoms with Gasteiger partial charge in [-0.05, 0) is 45.4 Å². The SMILES string of the molecule is CC(C)=CCNC(=O)C(C)(C)c1ccc(N)cc1. The van der Waals surface area contributed by atoms with Crippen LogP contribution in [0.2, 0.25) is 0 Å². The zero-order valence-corrected chi connectivity index (χ0v) is 11.6. The van der Waals surface area contributed by atoms with E-state index in [1.807, 2.05) is 58.0 Å². The number of amides is 1. The van der Waals surface area contributed by atoms with Crippen LogP contribution in [0, 0.1) is 0 Å². The van der Waals surface area contributed by atoms with Crippen LogP contribution in [-0.2, 0) is 10.2 Å². The molecule has 3 N–H and O–H groups in total. The van der Waals surface area contributed by atoms with Crippen LogP contribution in [0.3, 0.4) is 0 Å². The summed E-state index contributed by atoms with van der Waals surface area (Å²) in [6.45, 7) is 8.42. The van der Waals surface area contributed by atoms with Crippen molar-refractivity contribution in [3.05, 3.63) is 41.5 Å². The summed E-state index contributed by atoms with van der Waals surface area (Å²) in [7, 11) is 0. The van der Waals surface area contributed by atoms with E-state index in [-0.39, 0.29) is 5.91 Å². The standard InChI is InChI=1S/C15H22N2O/c1-11(2)9-10-17-14(18)15(3,4)12-5-7-13(16)8-6-12/h5-9H,10,16H2,1-4H3,(H,17,18). The molecule has 3 nitrogen and oxygen atoms in total. The van der Waals surface area contributed by atoms with Gasteiger partial charge in [0.1, 0.15) is 0 Å². The molecule has 0 aromatic heterocycles. The smallest absolute Gasteiger partial charge is 0.230 e. The van der Waals surface area contributed by atoms with Crippen molar-refractivity contribution in [3.63, 3.8) is 0 Å². The molecular weight excluding hydrogens is 224 g/mol.